The molecule has 1 atom stereocenters. The molecule has 0 fully saturated rings. The SMILES string of the molecule is COc1c(C(CN)N(C)C)cnn1C. The van der Waals surface area contributed by atoms with E-state index in [1.54, 1.807) is 18.0 Å². The van der Waals surface area contributed by atoms with Crippen molar-refractivity contribution >= 4 is 0 Å². The summed E-state index contributed by atoms with van der Waals surface area (Å²) in [5.74, 6) is 0.772. The summed E-state index contributed by atoms with van der Waals surface area (Å²) in [7, 11) is 7.48. The lowest BCUT2D eigenvalue weighted by atomic mass is 10.1. The van der Waals surface area contributed by atoms with Crippen molar-refractivity contribution in [2.45, 2.75) is 6.04 Å². The van der Waals surface area contributed by atoms with Gasteiger partial charge in [0, 0.05) is 13.6 Å². The second-order valence-corrected chi connectivity index (χ2v) is 3.45. The minimum absolute atomic E-state index is 0.152. The van der Waals surface area contributed by atoms with Crippen LogP contribution in [0.3, 0.4) is 0 Å². The molecular weight excluding hydrogens is 180 g/mol. The Bertz CT molecular complexity index is 295. The Labute approximate surface area is 84.4 Å². The van der Waals surface area contributed by atoms with Gasteiger partial charge < -0.3 is 15.4 Å². The Morgan fingerprint density at radius 1 is 1.64 bits per heavy atom. The lowest BCUT2D eigenvalue weighted by molar-refractivity contribution is 0.290. The fraction of sp³-hybridized carbons (Fsp3) is 0.667. The fourth-order valence-corrected chi connectivity index (χ4v) is 1.54. The Hall–Kier alpha value is -1.07. The van der Waals surface area contributed by atoms with Gasteiger partial charge in [-0.2, -0.15) is 5.10 Å². The standard InChI is InChI=1S/C9H18N4O/c1-12(2)8(5-10)7-6-11-13(3)9(7)14-4/h6,8H,5,10H2,1-4H3. The normalized spacial score (nSPS) is 13.3. The molecule has 1 rings (SSSR count). The summed E-state index contributed by atoms with van der Waals surface area (Å²) in [5, 5.41) is 4.15. The van der Waals surface area contributed by atoms with E-state index in [-0.39, 0.29) is 6.04 Å². The molecular formula is C9H18N4O. The van der Waals surface area contributed by atoms with Crippen molar-refractivity contribution in [1.82, 2.24) is 14.7 Å². The molecule has 0 aliphatic carbocycles. The Morgan fingerprint density at radius 2 is 2.29 bits per heavy atom. The van der Waals surface area contributed by atoms with Crippen LogP contribution in [0.2, 0.25) is 0 Å². The van der Waals surface area contributed by atoms with Crippen LogP contribution in [-0.4, -0.2) is 42.4 Å². The minimum atomic E-state index is 0.152. The summed E-state index contributed by atoms with van der Waals surface area (Å²) < 4.78 is 6.98. The molecule has 0 amide bonds. The molecule has 1 heterocycles. The van der Waals surface area contributed by atoms with Crippen LogP contribution in [0.1, 0.15) is 11.6 Å². The van der Waals surface area contributed by atoms with Crippen LogP contribution in [0.15, 0.2) is 6.20 Å². The summed E-state index contributed by atoms with van der Waals surface area (Å²) in [6, 6.07) is 0.152. The van der Waals surface area contributed by atoms with E-state index in [2.05, 4.69) is 10.00 Å². The molecule has 80 valence electrons. The zero-order chi connectivity index (χ0) is 10.7. The van der Waals surface area contributed by atoms with Gasteiger partial charge in [-0.1, -0.05) is 0 Å². The monoisotopic (exact) mass is 198 g/mol. The molecule has 14 heavy (non-hydrogen) atoms. The third-order valence-electron chi connectivity index (χ3n) is 2.31. The largest absolute Gasteiger partial charge is 0.481 e. The minimum Gasteiger partial charge on any atom is -0.481 e. The lowest BCUT2D eigenvalue weighted by Crippen LogP contribution is -2.27. The van der Waals surface area contributed by atoms with Crippen molar-refractivity contribution in [3.63, 3.8) is 0 Å². The van der Waals surface area contributed by atoms with E-state index >= 15 is 0 Å². The van der Waals surface area contributed by atoms with Gasteiger partial charge in [0.05, 0.1) is 24.9 Å². The van der Waals surface area contributed by atoms with E-state index in [0.29, 0.717) is 6.54 Å². The number of nitrogens with zero attached hydrogens (tertiary/aromatic N) is 3. The number of nitrogens with two attached hydrogens (primary N) is 1. The molecule has 1 unspecified atom stereocenters. The van der Waals surface area contributed by atoms with E-state index < -0.39 is 0 Å². The number of aryl methyl sites for hydroxylation is 1. The van der Waals surface area contributed by atoms with Crippen molar-refractivity contribution in [3.8, 4) is 5.88 Å². The molecule has 0 saturated carbocycles. The molecule has 0 bridgehead atoms. The molecule has 5 nitrogen and oxygen atoms in total. The summed E-state index contributed by atoms with van der Waals surface area (Å²) >= 11 is 0. The first-order valence-electron chi connectivity index (χ1n) is 4.54. The van der Waals surface area contributed by atoms with Crippen molar-refractivity contribution in [2.75, 3.05) is 27.7 Å². The first-order valence-corrected chi connectivity index (χ1v) is 4.54. The van der Waals surface area contributed by atoms with E-state index in [4.69, 9.17) is 10.5 Å². The van der Waals surface area contributed by atoms with Gasteiger partial charge in [0.2, 0.25) is 5.88 Å². The average Bonchev–Trinajstić information content (AvgIpc) is 2.48. The molecule has 0 radical (unpaired) electrons. The first-order chi connectivity index (χ1) is 6.61. The number of methoxy groups -OCH3 is 1. The van der Waals surface area contributed by atoms with Crippen LogP contribution >= 0.6 is 0 Å². The van der Waals surface area contributed by atoms with Gasteiger partial charge in [-0.3, -0.25) is 0 Å². The second-order valence-electron chi connectivity index (χ2n) is 3.45. The number of hydrogen-bond acceptors (Lipinski definition) is 4. The van der Waals surface area contributed by atoms with E-state index in [1.165, 1.54) is 0 Å². The maximum absolute atomic E-state index is 5.70. The van der Waals surface area contributed by atoms with Gasteiger partial charge in [-0.25, -0.2) is 4.68 Å². The van der Waals surface area contributed by atoms with Gasteiger partial charge >= 0.3 is 0 Å². The predicted molar refractivity (Wildman–Crippen MR) is 55.2 cm³/mol. The summed E-state index contributed by atoms with van der Waals surface area (Å²) in [4.78, 5) is 2.06. The van der Waals surface area contributed by atoms with Gasteiger partial charge in [0.25, 0.3) is 0 Å². The molecule has 0 aliphatic rings. The molecule has 0 spiro atoms. The molecule has 1 aromatic rings. The highest BCUT2D eigenvalue weighted by Crippen LogP contribution is 2.26. The van der Waals surface area contributed by atoms with Crippen LogP contribution < -0.4 is 10.5 Å². The van der Waals surface area contributed by atoms with Gasteiger partial charge in [-0.15, -0.1) is 0 Å². The molecule has 1 aromatic heterocycles. The Morgan fingerprint density at radius 3 is 2.71 bits per heavy atom. The first kappa shape index (κ1) is 11.0. The molecule has 0 aliphatic heterocycles. The summed E-state index contributed by atoms with van der Waals surface area (Å²) in [6.45, 7) is 0.551. The van der Waals surface area contributed by atoms with Crippen LogP contribution in [0.4, 0.5) is 0 Å². The van der Waals surface area contributed by atoms with Gasteiger partial charge in [0.15, 0.2) is 0 Å². The van der Waals surface area contributed by atoms with Crippen LogP contribution in [0, 0.1) is 0 Å². The van der Waals surface area contributed by atoms with Crippen molar-refractivity contribution < 1.29 is 4.74 Å². The zero-order valence-electron chi connectivity index (χ0n) is 9.19. The van der Waals surface area contributed by atoms with Crippen LogP contribution in [0.25, 0.3) is 0 Å². The maximum Gasteiger partial charge on any atom is 0.216 e. The zero-order valence-corrected chi connectivity index (χ0v) is 9.19. The van der Waals surface area contributed by atoms with Crippen LogP contribution in [0.5, 0.6) is 5.88 Å². The van der Waals surface area contributed by atoms with E-state index in [9.17, 15) is 0 Å². The average molecular weight is 198 g/mol. The Balaban J connectivity index is 3.03. The lowest BCUT2D eigenvalue weighted by Gasteiger charge is -2.22. The second kappa shape index (κ2) is 4.43. The molecule has 0 aromatic carbocycles. The van der Waals surface area contributed by atoms with E-state index in [0.717, 1.165) is 11.4 Å². The van der Waals surface area contributed by atoms with E-state index in [1.807, 2.05) is 21.1 Å². The van der Waals surface area contributed by atoms with Crippen molar-refractivity contribution in [3.05, 3.63) is 11.8 Å². The predicted octanol–water partition coefficient (Wildman–Crippen LogP) is -0.00990. The highest BCUT2D eigenvalue weighted by atomic mass is 16.5. The fourth-order valence-electron chi connectivity index (χ4n) is 1.54. The van der Waals surface area contributed by atoms with Gasteiger partial charge in [0.1, 0.15) is 0 Å². The van der Waals surface area contributed by atoms with Crippen molar-refractivity contribution in [2.24, 2.45) is 12.8 Å². The number of hydrogen-bond donors (Lipinski definition) is 1. The maximum atomic E-state index is 5.70. The number of rotatable bonds is 4. The quantitative estimate of drug-likeness (QED) is 0.739. The summed E-state index contributed by atoms with van der Waals surface area (Å²) in [5.41, 5.74) is 6.73. The Kier molecular flexibility index (Phi) is 3.49. The third-order valence-corrected chi connectivity index (χ3v) is 2.31. The smallest absolute Gasteiger partial charge is 0.216 e. The molecule has 5 heteroatoms. The molecule has 2 N–H and O–H groups in total. The van der Waals surface area contributed by atoms with Crippen molar-refractivity contribution in [1.29, 1.82) is 0 Å². The topological polar surface area (TPSA) is 56.3 Å². The van der Waals surface area contributed by atoms with Gasteiger partial charge in [-0.05, 0) is 14.1 Å². The number of aromatic nitrogens is 2. The molecule has 0 saturated heterocycles. The number of likely N-dealkylation sites (N-methyl/N-ethyl adjacent to an activating group) is 1. The highest BCUT2D eigenvalue weighted by Gasteiger charge is 2.19. The third kappa shape index (κ3) is 1.88. The highest BCUT2D eigenvalue weighted by molar-refractivity contribution is 5.28. The number of ether oxygens (including phenoxy) is 1. The van der Waals surface area contributed by atoms with Crippen LogP contribution in [-0.2, 0) is 7.05 Å². The summed E-state index contributed by atoms with van der Waals surface area (Å²) in [6.07, 6.45) is 1.80.